The van der Waals surface area contributed by atoms with Gasteiger partial charge in [-0.3, -0.25) is 9.59 Å². The minimum atomic E-state index is -0.602. The van der Waals surface area contributed by atoms with Crippen molar-refractivity contribution in [1.29, 1.82) is 0 Å². The quantitative estimate of drug-likeness (QED) is 0.736. The minimum Gasteiger partial charge on any atom is -0.484 e. The first-order valence-electron chi connectivity index (χ1n) is 8.98. The number of amides is 2. The normalized spacial score (nSPS) is 24.7. The molecule has 28 heavy (non-hydrogen) atoms. The number of nitrogens with one attached hydrogen (secondary N) is 2. The number of oxazole rings is 1. The number of aromatic nitrogens is 1. The Bertz CT molecular complexity index is 925. The summed E-state index contributed by atoms with van der Waals surface area (Å²) in [5.74, 6) is -0.237. The predicted octanol–water partition coefficient (Wildman–Crippen LogP) is 2.63. The van der Waals surface area contributed by atoms with Crippen LogP contribution in [0.15, 0.2) is 28.8 Å². The number of carbonyl (C=O) groups is 2. The van der Waals surface area contributed by atoms with Crippen molar-refractivity contribution < 1.29 is 23.1 Å². The van der Waals surface area contributed by atoms with Crippen molar-refractivity contribution >= 4 is 23.4 Å². The van der Waals surface area contributed by atoms with Crippen LogP contribution in [0.1, 0.15) is 42.6 Å². The first kappa shape index (κ1) is 18.7. The Labute approximate surface area is 165 Å². The van der Waals surface area contributed by atoms with Crippen LogP contribution in [0.25, 0.3) is 0 Å². The van der Waals surface area contributed by atoms with Crippen LogP contribution < -0.4 is 15.4 Å². The monoisotopic (exact) mass is 407 g/mol. The molecule has 1 aromatic carbocycles. The van der Waals surface area contributed by atoms with Gasteiger partial charge in [-0.15, -0.1) is 0 Å². The number of carbonyl (C=O) groups excluding carboxylic acids is 2. The van der Waals surface area contributed by atoms with E-state index in [0.717, 1.165) is 6.07 Å². The molecule has 148 valence electrons. The fraction of sp³-hybridized carbons (Fsp3) is 0.421. The van der Waals surface area contributed by atoms with E-state index in [1.165, 1.54) is 18.3 Å². The van der Waals surface area contributed by atoms with Crippen LogP contribution in [0.3, 0.4) is 0 Å². The molecule has 0 atom stereocenters. The molecule has 2 aromatic rings. The number of aryl methyl sites for hydroxylation is 1. The molecule has 0 aliphatic heterocycles. The molecule has 3 fully saturated rings. The van der Waals surface area contributed by atoms with Gasteiger partial charge in [0, 0.05) is 23.6 Å². The summed E-state index contributed by atoms with van der Waals surface area (Å²) in [6.45, 7) is 1.67. The van der Waals surface area contributed by atoms with Crippen LogP contribution in [0.5, 0.6) is 5.75 Å². The zero-order valence-electron chi connectivity index (χ0n) is 15.2. The van der Waals surface area contributed by atoms with Gasteiger partial charge in [-0.05, 0) is 31.4 Å². The summed E-state index contributed by atoms with van der Waals surface area (Å²) in [5.41, 5.74) is -0.612. The van der Waals surface area contributed by atoms with E-state index in [2.05, 4.69) is 15.6 Å². The van der Waals surface area contributed by atoms with E-state index in [4.69, 9.17) is 20.8 Å². The summed E-state index contributed by atoms with van der Waals surface area (Å²) >= 11 is 5.61. The van der Waals surface area contributed by atoms with Crippen molar-refractivity contribution in [2.24, 2.45) is 0 Å². The number of nitrogens with zero attached hydrogens (tertiary/aromatic N) is 1. The Morgan fingerprint density at radius 1 is 1.29 bits per heavy atom. The summed E-state index contributed by atoms with van der Waals surface area (Å²) in [6.07, 6.45) is 4.01. The third-order valence-corrected chi connectivity index (χ3v) is 5.46. The van der Waals surface area contributed by atoms with Gasteiger partial charge in [-0.1, -0.05) is 18.5 Å². The van der Waals surface area contributed by atoms with Crippen LogP contribution in [0.4, 0.5) is 4.39 Å². The van der Waals surface area contributed by atoms with E-state index in [9.17, 15) is 14.0 Å². The zero-order chi connectivity index (χ0) is 19.9. The second kappa shape index (κ2) is 6.77. The fourth-order valence-electron chi connectivity index (χ4n) is 3.98. The molecular formula is C19H19ClFN3O4. The van der Waals surface area contributed by atoms with Crippen LogP contribution in [-0.4, -0.2) is 34.5 Å². The summed E-state index contributed by atoms with van der Waals surface area (Å²) in [7, 11) is 0. The van der Waals surface area contributed by atoms with Gasteiger partial charge in [-0.2, -0.15) is 0 Å². The minimum absolute atomic E-state index is 0.00531. The molecule has 2 amide bonds. The molecule has 7 nitrogen and oxygen atoms in total. The van der Waals surface area contributed by atoms with Gasteiger partial charge in [0.25, 0.3) is 11.8 Å². The molecule has 3 aliphatic carbocycles. The van der Waals surface area contributed by atoms with E-state index in [0.29, 0.717) is 31.6 Å². The van der Waals surface area contributed by atoms with Gasteiger partial charge in [-0.25, -0.2) is 9.37 Å². The Morgan fingerprint density at radius 2 is 2.00 bits per heavy atom. The smallest absolute Gasteiger partial charge is 0.289 e. The first-order valence-corrected chi connectivity index (χ1v) is 9.36. The van der Waals surface area contributed by atoms with Crippen molar-refractivity contribution in [2.75, 3.05) is 6.61 Å². The number of ether oxygens (including phenoxy) is 1. The van der Waals surface area contributed by atoms with Gasteiger partial charge >= 0.3 is 0 Å². The molecule has 0 saturated heterocycles. The molecule has 1 heterocycles. The lowest BCUT2D eigenvalue weighted by Gasteiger charge is -2.70. The SMILES string of the molecule is CCc1ncc(C(=O)NC23CC(NC(=O)COc4ccc(Cl)c(F)c4)(C2)C3)o1. The Kier molecular flexibility index (Phi) is 4.53. The second-order valence-corrected chi connectivity index (χ2v) is 7.84. The van der Waals surface area contributed by atoms with Gasteiger partial charge in [0.05, 0.1) is 11.2 Å². The lowest BCUT2D eigenvalue weighted by Crippen LogP contribution is -2.84. The zero-order valence-corrected chi connectivity index (χ0v) is 15.9. The van der Waals surface area contributed by atoms with Crippen LogP contribution >= 0.6 is 11.6 Å². The topological polar surface area (TPSA) is 93.5 Å². The Hall–Kier alpha value is -2.61. The average Bonchev–Trinajstić information content (AvgIpc) is 3.09. The van der Waals surface area contributed by atoms with Crippen LogP contribution in [0, 0.1) is 5.82 Å². The highest BCUT2D eigenvalue weighted by atomic mass is 35.5. The van der Waals surface area contributed by atoms with E-state index >= 15 is 0 Å². The number of rotatable bonds is 7. The summed E-state index contributed by atoms with van der Waals surface area (Å²) in [5, 5.41) is 5.90. The molecule has 1 aromatic heterocycles. The van der Waals surface area contributed by atoms with Crippen molar-refractivity contribution in [2.45, 2.75) is 43.7 Å². The maximum Gasteiger partial charge on any atom is 0.289 e. The molecule has 0 spiro atoms. The van der Waals surface area contributed by atoms with Gasteiger partial charge in [0.15, 0.2) is 12.5 Å². The highest BCUT2D eigenvalue weighted by Crippen LogP contribution is 2.60. The summed E-state index contributed by atoms with van der Waals surface area (Å²) < 4.78 is 24.0. The molecule has 2 bridgehead atoms. The third kappa shape index (κ3) is 3.44. The Morgan fingerprint density at radius 3 is 2.64 bits per heavy atom. The predicted molar refractivity (Wildman–Crippen MR) is 97.7 cm³/mol. The van der Waals surface area contributed by atoms with E-state index in [1.54, 1.807) is 0 Å². The molecule has 3 saturated carbocycles. The third-order valence-electron chi connectivity index (χ3n) is 5.15. The molecule has 2 N–H and O–H groups in total. The lowest BCUT2D eigenvalue weighted by atomic mass is 9.44. The maximum absolute atomic E-state index is 13.4. The van der Waals surface area contributed by atoms with E-state index < -0.39 is 5.82 Å². The molecule has 5 rings (SSSR count). The maximum atomic E-state index is 13.4. The second-order valence-electron chi connectivity index (χ2n) is 7.43. The standard InChI is InChI=1S/C19H19ClFN3O4/c1-2-16-22-6-14(28-16)17(26)24-19-8-18(9-19,10-19)23-15(25)7-27-11-3-4-12(20)13(21)5-11/h3-6H,2,7-10H2,1H3,(H,23,25)(H,24,26). The molecule has 9 heteroatoms. The molecule has 0 unspecified atom stereocenters. The Balaban J connectivity index is 1.23. The highest BCUT2D eigenvalue weighted by molar-refractivity contribution is 6.30. The van der Waals surface area contributed by atoms with Gasteiger partial charge in [0.1, 0.15) is 11.6 Å². The van der Waals surface area contributed by atoms with Crippen LogP contribution in [0.2, 0.25) is 5.02 Å². The summed E-state index contributed by atoms with van der Waals surface area (Å²) in [6, 6.07) is 4.00. The van der Waals surface area contributed by atoms with Crippen molar-refractivity contribution in [3.05, 3.63) is 46.9 Å². The number of hydrogen-bond donors (Lipinski definition) is 2. The van der Waals surface area contributed by atoms with E-state index in [-0.39, 0.29) is 46.0 Å². The highest BCUT2D eigenvalue weighted by Gasteiger charge is 2.69. The fourth-order valence-corrected chi connectivity index (χ4v) is 4.10. The first-order chi connectivity index (χ1) is 13.3. The number of hydrogen-bond acceptors (Lipinski definition) is 5. The summed E-state index contributed by atoms with van der Waals surface area (Å²) in [4.78, 5) is 28.4. The van der Waals surface area contributed by atoms with Crippen molar-refractivity contribution in [1.82, 2.24) is 15.6 Å². The molecular weight excluding hydrogens is 389 g/mol. The van der Waals surface area contributed by atoms with Gasteiger partial charge in [0.2, 0.25) is 5.76 Å². The number of halogens is 2. The van der Waals surface area contributed by atoms with E-state index in [1.807, 2.05) is 6.92 Å². The van der Waals surface area contributed by atoms with Crippen LogP contribution in [-0.2, 0) is 11.2 Å². The van der Waals surface area contributed by atoms with Crippen molar-refractivity contribution in [3.63, 3.8) is 0 Å². The lowest BCUT2D eigenvalue weighted by molar-refractivity contribution is -0.141. The largest absolute Gasteiger partial charge is 0.484 e. The average molecular weight is 408 g/mol. The molecule has 0 radical (unpaired) electrons. The van der Waals surface area contributed by atoms with Crippen molar-refractivity contribution in [3.8, 4) is 5.75 Å². The number of benzene rings is 1. The van der Waals surface area contributed by atoms with Gasteiger partial charge < -0.3 is 19.8 Å². The molecule has 3 aliphatic rings.